The molecule has 1 fully saturated rings. The molecule has 29 heavy (non-hydrogen) atoms. The topological polar surface area (TPSA) is 91.2 Å². The summed E-state index contributed by atoms with van der Waals surface area (Å²) >= 11 is 0. The van der Waals surface area contributed by atoms with E-state index < -0.39 is 0 Å². The first kappa shape index (κ1) is 20.3. The molecule has 7 nitrogen and oxygen atoms in total. The number of rotatable bonds is 5. The number of hydrogen-bond acceptors (Lipinski definition) is 5. The molecule has 0 radical (unpaired) electrons. The van der Waals surface area contributed by atoms with Crippen LogP contribution in [0, 0.1) is 11.7 Å². The Morgan fingerprint density at radius 1 is 1.21 bits per heavy atom. The molecule has 0 unspecified atom stereocenters. The quantitative estimate of drug-likeness (QED) is 0.597. The lowest BCUT2D eigenvalue weighted by Crippen LogP contribution is -2.42. The predicted molar refractivity (Wildman–Crippen MR) is 105 cm³/mol. The van der Waals surface area contributed by atoms with E-state index in [4.69, 9.17) is 4.74 Å². The number of phenolic OH excluding ortho intramolecular Hbond substituents is 1. The zero-order valence-corrected chi connectivity index (χ0v) is 16.0. The van der Waals surface area contributed by atoms with E-state index in [1.54, 1.807) is 17.0 Å². The normalized spacial score (nSPS) is 14.8. The molecule has 1 saturated heterocycles. The summed E-state index contributed by atoms with van der Waals surface area (Å²) in [6.07, 6.45) is 2.52. The Morgan fingerprint density at radius 3 is 2.55 bits per heavy atom. The molecule has 0 spiro atoms. The van der Waals surface area contributed by atoms with E-state index in [-0.39, 0.29) is 29.3 Å². The van der Waals surface area contributed by atoms with E-state index in [0.717, 1.165) is 0 Å². The van der Waals surface area contributed by atoms with Gasteiger partial charge in [0.1, 0.15) is 5.82 Å². The molecule has 152 valence electrons. The van der Waals surface area contributed by atoms with Gasteiger partial charge in [-0.25, -0.2) is 9.82 Å². The summed E-state index contributed by atoms with van der Waals surface area (Å²) in [6.45, 7) is 0.903. The number of nitrogens with zero attached hydrogens (tertiary/aromatic N) is 2. The van der Waals surface area contributed by atoms with Crippen LogP contribution in [0.25, 0.3) is 0 Å². The first-order chi connectivity index (χ1) is 14.0. The molecular formula is C21H22FN3O4. The average Bonchev–Trinajstić information content (AvgIpc) is 2.75. The van der Waals surface area contributed by atoms with Gasteiger partial charge in [0.15, 0.2) is 11.5 Å². The van der Waals surface area contributed by atoms with Crippen LogP contribution in [-0.2, 0) is 4.79 Å². The molecule has 0 aliphatic carbocycles. The number of aromatic hydroxyl groups is 1. The van der Waals surface area contributed by atoms with Gasteiger partial charge in [-0.05, 0) is 60.9 Å². The maximum Gasteiger partial charge on any atom is 0.253 e. The van der Waals surface area contributed by atoms with Crippen LogP contribution in [-0.4, -0.2) is 48.2 Å². The largest absolute Gasteiger partial charge is 0.504 e. The van der Waals surface area contributed by atoms with E-state index in [1.165, 1.54) is 43.7 Å². The Hall–Kier alpha value is -3.42. The molecule has 0 bridgehead atoms. The number of carbonyl (C=O) groups is 2. The van der Waals surface area contributed by atoms with Crippen molar-refractivity contribution in [3.63, 3.8) is 0 Å². The van der Waals surface area contributed by atoms with Gasteiger partial charge in [-0.2, -0.15) is 5.10 Å². The molecule has 3 rings (SSSR count). The van der Waals surface area contributed by atoms with E-state index >= 15 is 0 Å². The van der Waals surface area contributed by atoms with Gasteiger partial charge in [0.2, 0.25) is 5.91 Å². The molecular weight excluding hydrogens is 377 g/mol. The lowest BCUT2D eigenvalue weighted by molar-refractivity contribution is -0.126. The van der Waals surface area contributed by atoms with Crippen LogP contribution in [0.4, 0.5) is 4.39 Å². The Balaban J connectivity index is 1.49. The zero-order valence-electron chi connectivity index (χ0n) is 16.0. The third-order valence-electron chi connectivity index (χ3n) is 4.84. The molecule has 8 heteroatoms. The van der Waals surface area contributed by atoms with Gasteiger partial charge in [0, 0.05) is 24.6 Å². The summed E-state index contributed by atoms with van der Waals surface area (Å²) in [5, 5.41) is 13.5. The standard InChI is InChI=1S/C21H22FN3O4/c1-29-19-12-14(2-7-18(19)26)13-23-24-20(27)15-8-10-25(11-9-15)21(28)16-3-5-17(22)6-4-16/h2-7,12-13,15,26H,8-11H2,1H3,(H,24,27). The van der Waals surface area contributed by atoms with E-state index in [1.807, 2.05) is 0 Å². The second-order valence-corrected chi connectivity index (χ2v) is 6.74. The zero-order chi connectivity index (χ0) is 20.8. The second-order valence-electron chi connectivity index (χ2n) is 6.74. The van der Waals surface area contributed by atoms with Gasteiger partial charge in [-0.15, -0.1) is 0 Å². The van der Waals surface area contributed by atoms with Crippen LogP contribution >= 0.6 is 0 Å². The predicted octanol–water partition coefficient (Wildman–Crippen LogP) is 2.54. The number of carbonyl (C=O) groups excluding carboxylic acids is 2. The number of likely N-dealkylation sites (tertiary alicyclic amines) is 1. The Kier molecular flexibility index (Phi) is 6.43. The van der Waals surface area contributed by atoms with Crippen LogP contribution in [0.1, 0.15) is 28.8 Å². The summed E-state index contributed by atoms with van der Waals surface area (Å²) < 4.78 is 18.0. The highest BCUT2D eigenvalue weighted by molar-refractivity contribution is 5.94. The van der Waals surface area contributed by atoms with Gasteiger partial charge in [-0.1, -0.05) is 0 Å². The van der Waals surface area contributed by atoms with E-state index in [2.05, 4.69) is 10.5 Å². The summed E-state index contributed by atoms with van der Waals surface area (Å²) in [6, 6.07) is 10.2. The highest BCUT2D eigenvalue weighted by Crippen LogP contribution is 2.25. The number of hydrogen-bond donors (Lipinski definition) is 2. The minimum Gasteiger partial charge on any atom is -0.504 e. The van der Waals surface area contributed by atoms with E-state index in [9.17, 15) is 19.1 Å². The number of halogens is 1. The lowest BCUT2D eigenvalue weighted by Gasteiger charge is -2.31. The molecule has 0 saturated carbocycles. The minimum absolute atomic E-state index is 0.0237. The highest BCUT2D eigenvalue weighted by atomic mass is 19.1. The second kappa shape index (κ2) is 9.18. The van der Waals surface area contributed by atoms with Crippen molar-refractivity contribution < 1.29 is 23.8 Å². The number of ether oxygens (including phenoxy) is 1. The van der Waals surface area contributed by atoms with Crippen molar-refractivity contribution in [3.8, 4) is 11.5 Å². The van der Waals surface area contributed by atoms with Crippen LogP contribution in [0.3, 0.4) is 0 Å². The van der Waals surface area contributed by atoms with Crippen molar-refractivity contribution in [3.05, 3.63) is 59.4 Å². The van der Waals surface area contributed by atoms with Gasteiger partial charge in [-0.3, -0.25) is 9.59 Å². The first-order valence-electron chi connectivity index (χ1n) is 9.22. The van der Waals surface area contributed by atoms with E-state index in [0.29, 0.717) is 42.8 Å². The SMILES string of the molecule is COc1cc(C=NNC(=O)C2CCN(C(=O)c3ccc(F)cc3)CC2)ccc1O. The lowest BCUT2D eigenvalue weighted by atomic mass is 9.95. The minimum atomic E-state index is -0.386. The van der Waals surface area contributed by atoms with Gasteiger partial charge < -0.3 is 14.7 Å². The Bertz CT molecular complexity index is 907. The van der Waals surface area contributed by atoms with Crippen LogP contribution in [0.2, 0.25) is 0 Å². The first-order valence-corrected chi connectivity index (χ1v) is 9.22. The monoisotopic (exact) mass is 399 g/mol. The molecule has 2 N–H and O–H groups in total. The summed E-state index contributed by atoms with van der Waals surface area (Å²) in [5.41, 5.74) is 3.62. The number of methoxy groups -OCH3 is 1. The number of piperidine rings is 1. The Morgan fingerprint density at radius 2 is 1.90 bits per heavy atom. The fourth-order valence-corrected chi connectivity index (χ4v) is 3.16. The molecule has 0 aromatic heterocycles. The Labute approximate surface area is 167 Å². The smallest absolute Gasteiger partial charge is 0.253 e. The van der Waals surface area contributed by atoms with Crippen molar-refractivity contribution in [2.75, 3.05) is 20.2 Å². The van der Waals surface area contributed by atoms with Crippen molar-refractivity contribution in [2.45, 2.75) is 12.8 Å². The molecule has 1 heterocycles. The molecule has 1 aliphatic heterocycles. The van der Waals surface area contributed by atoms with Gasteiger partial charge in [0.05, 0.1) is 13.3 Å². The highest BCUT2D eigenvalue weighted by Gasteiger charge is 2.27. The number of nitrogens with one attached hydrogen (secondary N) is 1. The molecule has 2 aromatic carbocycles. The van der Waals surface area contributed by atoms with Crippen LogP contribution in [0.5, 0.6) is 11.5 Å². The molecule has 0 atom stereocenters. The summed E-state index contributed by atoms with van der Waals surface area (Å²) in [5.74, 6) is -0.653. The number of amides is 2. The number of benzene rings is 2. The molecule has 1 aliphatic rings. The van der Waals surface area contributed by atoms with Gasteiger partial charge in [0.25, 0.3) is 5.91 Å². The van der Waals surface area contributed by atoms with Crippen LogP contribution < -0.4 is 10.2 Å². The fraction of sp³-hybridized carbons (Fsp3) is 0.286. The van der Waals surface area contributed by atoms with Gasteiger partial charge >= 0.3 is 0 Å². The molecule has 2 aromatic rings. The van der Waals surface area contributed by atoms with Crippen molar-refractivity contribution in [1.82, 2.24) is 10.3 Å². The maximum atomic E-state index is 13.0. The number of hydrazone groups is 1. The number of phenols is 1. The average molecular weight is 399 g/mol. The van der Waals surface area contributed by atoms with Crippen molar-refractivity contribution >= 4 is 18.0 Å². The fourth-order valence-electron chi connectivity index (χ4n) is 3.16. The van der Waals surface area contributed by atoms with Crippen molar-refractivity contribution in [2.24, 2.45) is 11.0 Å². The maximum absolute atomic E-state index is 13.0. The van der Waals surface area contributed by atoms with Crippen LogP contribution in [0.15, 0.2) is 47.6 Å². The summed E-state index contributed by atoms with van der Waals surface area (Å²) in [4.78, 5) is 26.4. The third-order valence-corrected chi connectivity index (χ3v) is 4.84. The third kappa shape index (κ3) is 5.10. The van der Waals surface area contributed by atoms with Crippen molar-refractivity contribution in [1.29, 1.82) is 0 Å². The molecule has 2 amide bonds. The summed E-state index contributed by atoms with van der Waals surface area (Å²) in [7, 11) is 1.45.